The maximum Gasteiger partial charge on any atom is 0.139 e. The Morgan fingerprint density at radius 3 is 2.56 bits per heavy atom. The van der Waals surface area contributed by atoms with Crippen LogP contribution in [0.15, 0.2) is 43.9 Å². The molecule has 0 bridgehead atoms. The first-order chi connectivity index (χ1) is 7.58. The predicted molar refractivity (Wildman–Crippen MR) is 71.3 cm³/mol. The van der Waals surface area contributed by atoms with Crippen LogP contribution in [0.2, 0.25) is 0 Å². The second kappa shape index (κ2) is 4.73. The van der Waals surface area contributed by atoms with E-state index in [1.807, 2.05) is 25.1 Å². The quantitative estimate of drug-likeness (QED) is 0.888. The van der Waals surface area contributed by atoms with E-state index in [0.29, 0.717) is 0 Å². The van der Waals surface area contributed by atoms with Gasteiger partial charge < -0.3 is 10.2 Å². The number of benzene rings is 1. The van der Waals surface area contributed by atoms with Gasteiger partial charge in [-0.25, -0.2) is 0 Å². The SMILES string of the molecule is Cc1cc(Br)cc(C(N)c2occc2Br)c1. The largest absolute Gasteiger partial charge is 0.466 e. The third-order valence-corrected chi connectivity index (χ3v) is 3.46. The minimum absolute atomic E-state index is 0.249. The van der Waals surface area contributed by atoms with Gasteiger partial charge in [-0.1, -0.05) is 22.0 Å². The zero-order chi connectivity index (χ0) is 11.7. The van der Waals surface area contributed by atoms with E-state index >= 15 is 0 Å². The lowest BCUT2D eigenvalue weighted by molar-refractivity contribution is 0.487. The maximum absolute atomic E-state index is 6.15. The summed E-state index contributed by atoms with van der Waals surface area (Å²) in [5.74, 6) is 0.748. The molecule has 1 aromatic carbocycles. The first kappa shape index (κ1) is 11.9. The fourth-order valence-electron chi connectivity index (χ4n) is 1.62. The van der Waals surface area contributed by atoms with Crippen molar-refractivity contribution in [2.75, 3.05) is 0 Å². The lowest BCUT2D eigenvalue weighted by Gasteiger charge is -2.11. The van der Waals surface area contributed by atoms with Crippen LogP contribution in [0.1, 0.15) is 22.9 Å². The zero-order valence-corrected chi connectivity index (χ0v) is 11.9. The molecule has 16 heavy (non-hydrogen) atoms. The van der Waals surface area contributed by atoms with Crippen LogP contribution < -0.4 is 5.73 Å². The summed E-state index contributed by atoms with van der Waals surface area (Å²) in [4.78, 5) is 0. The van der Waals surface area contributed by atoms with E-state index in [-0.39, 0.29) is 6.04 Å². The molecule has 0 aliphatic rings. The summed E-state index contributed by atoms with van der Waals surface area (Å²) in [5, 5.41) is 0. The van der Waals surface area contributed by atoms with E-state index in [1.54, 1.807) is 6.26 Å². The van der Waals surface area contributed by atoms with Gasteiger partial charge in [0.2, 0.25) is 0 Å². The number of rotatable bonds is 2. The second-order valence-corrected chi connectivity index (χ2v) is 5.44. The van der Waals surface area contributed by atoms with E-state index in [2.05, 4.69) is 37.9 Å². The lowest BCUT2D eigenvalue weighted by atomic mass is 10.0. The first-order valence-electron chi connectivity index (χ1n) is 4.83. The summed E-state index contributed by atoms with van der Waals surface area (Å²) < 4.78 is 7.30. The average Bonchev–Trinajstić information content (AvgIpc) is 2.62. The van der Waals surface area contributed by atoms with Crippen molar-refractivity contribution < 1.29 is 4.42 Å². The number of furan rings is 1. The van der Waals surface area contributed by atoms with Crippen LogP contribution >= 0.6 is 31.9 Å². The Bertz CT molecular complexity index is 487. The van der Waals surface area contributed by atoms with Crippen molar-refractivity contribution in [2.45, 2.75) is 13.0 Å². The van der Waals surface area contributed by atoms with E-state index < -0.39 is 0 Å². The van der Waals surface area contributed by atoms with Crippen LogP contribution in [0, 0.1) is 6.92 Å². The Kier molecular flexibility index (Phi) is 3.52. The Labute approximate surface area is 111 Å². The Balaban J connectivity index is 2.41. The van der Waals surface area contributed by atoms with Gasteiger partial charge in [-0.05, 0) is 52.2 Å². The summed E-state index contributed by atoms with van der Waals surface area (Å²) >= 11 is 6.88. The topological polar surface area (TPSA) is 39.2 Å². The van der Waals surface area contributed by atoms with Gasteiger partial charge in [-0.3, -0.25) is 0 Å². The van der Waals surface area contributed by atoms with E-state index in [0.717, 1.165) is 20.3 Å². The Morgan fingerprint density at radius 1 is 1.25 bits per heavy atom. The van der Waals surface area contributed by atoms with Crippen LogP contribution in [-0.4, -0.2) is 0 Å². The normalized spacial score (nSPS) is 12.8. The van der Waals surface area contributed by atoms with Crippen molar-refractivity contribution in [2.24, 2.45) is 5.73 Å². The molecule has 0 radical (unpaired) electrons. The predicted octanol–water partition coefficient (Wildman–Crippen LogP) is 4.16. The van der Waals surface area contributed by atoms with Crippen molar-refractivity contribution in [3.05, 3.63) is 56.4 Å². The average molecular weight is 345 g/mol. The van der Waals surface area contributed by atoms with Gasteiger partial charge in [0.05, 0.1) is 16.8 Å². The standard InChI is InChI=1S/C12H11Br2NO/c1-7-4-8(6-9(13)5-7)11(15)12-10(14)2-3-16-12/h2-6,11H,15H2,1H3. The van der Waals surface area contributed by atoms with Crippen molar-refractivity contribution in [1.29, 1.82) is 0 Å². The first-order valence-corrected chi connectivity index (χ1v) is 6.42. The fourth-order valence-corrected chi connectivity index (χ4v) is 2.70. The number of hydrogen-bond acceptors (Lipinski definition) is 2. The van der Waals surface area contributed by atoms with Crippen LogP contribution in [0.5, 0.6) is 0 Å². The molecule has 0 aliphatic carbocycles. The summed E-state index contributed by atoms with van der Waals surface area (Å²) in [6.45, 7) is 2.04. The van der Waals surface area contributed by atoms with Crippen molar-refractivity contribution >= 4 is 31.9 Å². The molecular weight excluding hydrogens is 334 g/mol. The molecule has 2 rings (SSSR count). The molecule has 2 aromatic rings. The number of hydrogen-bond donors (Lipinski definition) is 1. The highest BCUT2D eigenvalue weighted by Gasteiger charge is 2.16. The molecule has 1 atom stereocenters. The van der Waals surface area contributed by atoms with E-state index in [4.69, 9.17) is 10.2 Å². The molecule has 84 valence electrons. The highest BCUT2D eigenvalue weighted by molar-refractivity contribution is 9.10. The monoisotopic (exact) mass is 343 g/mol. The van der Waals surface area contributed by atoms with Gasteiger partial charge in [-0.15, -0.1) is 0 Å². The lowest BCUT2D eigenvalue weighted by Crippen LogP contribution is -2.11. The molecule has 0 fully saturated rings. The van der Waals surface area contributed by atoms with E-state index in [9.17, 15) is 0 Å². The number of aryl methyl sites for hydroxylation is 1. The molecule has 0 saturated carbocycles. The van der Waals surface area contributed by atoms with Crippen molar-refractivity contribution in [3.63, 3.8) is 0 Å². The molecule has 1 unspecified atom stereocenters. The van der Waals surface area contributed by atoms with Gasteiger partial charge in [0.25, 0.3) is 0 Å². The van der Waals surface area contributed by atoms with Crippen LogP contribution in [0.4, 0.5) is 0 Å². The summed E-state index contributed by atoms with van der Waals surface area (Å²) in [5.41, 5.74) is 8.35. The molecular formula is C12H11Br2NO. The molecule has 2 nitrogen and oxygen atoms in total. The van der Waals surface area contributed by atoms with Crippen molar-refractivity contribution in [3.8, 4) is 0 Å². The van der Waals surface area contributed by atoms with Gasteiger partial charge in [-0.2, -0.15) is 0 Å². The zero-order valence-electron chi connectivity index (χ0n) is 8.71. The molecule has 1 heterocycles. The van der Waals surface area contributed by atoms with Gasteiger partial charge in [0.1, 0.15) is 5.76 Å². The second-order valence-electron chi connectivity index (χ2n) is 3.67. The molecule has 0 amide bonds. The number of nitrogens with two attached hydrogens (primary N) is 1. The summed E-state index contributed by atoms with van der Waals surface area (Å²) in [6, 6.07) is 7.71. The highest BCUT2D eigenvalue weighted by Crippen LogP contribution is 2.29. The molecule has 0 aliphatic heterocycles. The van der Waals surface area contributed by atoms with Crippen LogP contribution in [0.3, 0.4) is 0 Å². The molecule has 4 heteroatoms. The Morgan fingerprint density at radius 2 is 2.00 bits per heavy atom. The van der Waals surface area contributed by atoms with Gasteiger partial charge >= 0.3 is 0 Å². The maximum atomic E-state index is 6.15. The number of halogens is 2. The molecule has 0 spiro atoms. The fraction of sp³-hybridized carbons (Fsp3) is 0.167. The smallest absolute Gasteiger partial charge is 0.139 e. The molecule has 0 saturated heterocycles. The molecule has 1 aromatic heterocycles. The summed E-state index contributed by atoms with van der Waals surface area (Å²) in [6.07, 6.45) is 1.63. The Hall–Kier alpha value is -0.580. The van der Waals surface area contributed by atoms with Crippen LogP contribution in [0.25, 0.3) is 0 Å². The minimum Gasteiger partial charge on any atom is -0.466 e. The third-order valence-electron chi connectivity index (χ3n) is 2.35. The third kappa shape index (κ3) is 2.39. The minimum atomic E-state index is -0.249. The summed E-state index contributed by atoms with van der Waals surface area (Å²) in [7, 11) is 0. The van der Waals surface area contributed by atoms with Gasteiger partial charge in [0, 0.05) is 4.47 Å². The van der Waals surface area contributed by atoms with E-state index in [1.165, 1.54) is 5.56 Å². The van der Waals surface area contributed by atoms with Gasteiger partial charge in [0.15, 0.2) is 0 Å². The van der Waals surface area contributed by atoms with Crippen molar-refractivity contribution in [1.82, 2.24) is 0 Å². The van der Waals surface area contributed by atoms with Crippen LogP contribution in [-0.2, 0) is 0 Å². The molecule has 2 N–H and O–H groups in total. The highest BCUT2D eigenvalue weighted by atomic mass is 79.9.